The molecule has 128 valence electrons. The van der Waals surface area contributed by atoms with E-state index in [0.717, 1.165) is 44.9 Å². The molecule has 0 amide bonds. The van der Waals surface area contributed by atoms with Gasteiger partial charge in [0.25, 0.3) is 0 Å². The molecule has 0 aromatic carbocycles. The second-order valence-corrected chi connectivity index (χ2v) is 8.99. The van der Waals surface area contributed by atoms with Crippen LogP contribution in [0.5, 0.6) is 0 Å². The van der Waals surface area contributed by atoms with Crippen molar-refractivity contribution < 1.29 is 15.0 Å². The van der Waals surface area contributed by atoms with Crippen molar-refractivity contribution in [3.8, 4) is 0 Å². The first kappa shape index (κ1) is 15.8. The molecule has 0 bridgehead atoms. The fourth-order valence-electron chi connectivity index (χ4n) is 6.72. The first-order valence-corrected chi connectivity index (χ1v) is 9.65. The Morgan fingerprint density at radius 2 is 1.91 bits per heavy atom. The molecule has 3 saturated carbocycles. The van der Waals surface area contributed by atoms with Gasteiger partial charge in [-0.1, -0.05) is 6.92 Å². The molecule has 2 N–H and O–H groups in total. The number of ketones is 1. The Bertz CT molecular complexity index is 571. The van der Waals surface area contributed by atoms with Crippen LogP contribution in [0.2, 0.25) is 0 Å². The molecule has 3 fully saturated rings. The number of allylic oxidation sites excluding steroid dienone is 2. The molecule has 0 spiro atoms. The highest BCUT2D eigenvalue weighted by Crippen LogP contribution is 2.66. The summed E-state index contributed by atoms with van der Waals surface area (Å²) in [6, 6.07) is 0. The van der Waals surface area contributed by atoms with E-state index in [1.165, 1.54) is 0 Å². The Morgan fingerprint density at radius 3 is 2.65 bits per heavy atom. The molecule has 6 atom stereocenters. The molecule has 0 aromatic rings. The number of carbonyl (C=O) groups is 1. The third-order valence-electron chi connectivity index (χ3n) is 8.09. The van der Waals surface area contributed by atoms with Gasteiger partial charge in [-0.05, 0) is 61.2 Å². The summed E-state index contributed by atoms with van der Waals surface area (Å²) in [6.07, 6.45) is 7.25. The topological polar surface area (TPSA) is 57.5 Å². The number of Topliss-reactive ketones (excluding diaryl/α,β-unsaturated/α-hetero) is 1. The molecule has 0 unspecified atom stereocenters. The van der Waals surface area contributed by atoms with Gasteiger partial charge in [0.1, 0.15) is 17.3 Å². The smallest absolute Gasteiger partial charge is 0.137 e. The van der Waals surface area contributed by atoms with Gasteiger partial charge in [0.15, 0.2) is 0 Å². The van der Waals surface area contributed by atoms with Crippen molar-refractivity contribution in [2.45, 2.75) is 58.3 Å². The van der Waals surface area contributed by atoms with Crippen LogP contribution in [0.15, 0.2) is 11.5 Å². The highest BCUT2D eigenvalue weighted by atomic mass is 35.5. The zero-order valence-corrected chi connectivity index (χ0v) is 14.6. The molecule has 0 heterocycles. The second kappa shape index (κ2) is 5.15. The fourth-order valence-corrected chi connectivity index (χ4v) is 7.18. The predicted molar refractivity (Wildman–Crippen MR) is 89.4 cm³/mol. The molecular formula is C19H27ClO3. The number of carbonyl (C=O) groups excluding carboxylic acids is 1. The normalized spacial score (nSPS) is 49.6. The van der Waals surface area contributed by atoms with E-state index in [4.69, 9.17) is 11.6 Å². The lowest BCUT2D eigenvalue weighted by molar-refractivity contribution is -0.137. The molecule has 23 heavy (non-hydrogen) atoms. The fraction of sp³-hybridized carbons (Fsp3) is 0.842. The van der Waals surface area contributed by atoms with E-state index in [1.54, 1.807) is 0 Å². The second-order valence-electron chi connectivity index (χ2n) is 8.73. The zero-order chi connectivity index (χ0) is 16.4. The van der Waals surface area contributed by atoms with E-state index in [9.17, 15) is 15.0 Å². The van der Waals surface area contributed by atoms with Crippen LogP contribution in [0.3, 0.4) is 0 Å². The molecule has 4 aliphatic carbocycles. The summed E-state index contributed by atoms with van der Waals surface area (Å²) in [5.41, 5.74) is -0.149. The van der Waals surface area contributed by atoms with Crippen molar-refractivity contribution in [1.29, 1.82) is 0 Å². The first-order chi connectivity index (χ1) is 10.9. The average molecular weight is 339 g/mol. The van der Waals surface area contributed by atoms with Gasteiger partial charge in [-0.2, -0.15) is 0 Å². The largest absolute Gasteiger partial charge is 0.509 e. The molecule has 0 aromatic heterocycles. The molecule has 0 saturated heterocycles. The average Bonchev–Trinajstić information content (AvgIpc) is 2.80. The van der Waals surface area contributed by atoms with Crippen LogP contribution >= 0.6 is 11.6 Å². The van der Waals surface area contributed by atoms with Crippen LogP contribution in [0.1, 0.15) is 58.3 Å². The monoisotopic (exact) mass is 338 g/mol. The number of fused-ring (bicyclic) bond motifs is 5. The molecule has 0 radical (unpaired) electrons. The Balaban J connectivity index is 1.67. The van der Waals surface area contributed by atoms with Gasteiger partial charge in [0.2, 0.25) is 0 Å². The molecular weight excluding hydrogens is 312 g/mol. The van der Waals surface area contributed by atoms with Crippen LogP contribution in [-0.4, -0.2) is 21.9 Å². The lowest BCUT2D eigenvalue weighted by Crippen LogP contribution is -2.54. The third-order valence-corrected chi connectivity index (χ3v) is 8.56. The molecule has 0 aliphatic heterocycles. The van der Waals surface area contributed by atoms with Crippen molar-refractivity contribution in [2.75, 3.05) is 5.88 Å². The summed E-state index contributed by atoms with van der Waals surface area (Å²) >= 11 is 6.30. The van der Waals surface area contributed by atoms with Gasteiger partial charge in [-0.15, -0.1) is 11.6 Å². The lowest BCUT2D eigenvalue weighted by Gasteiger charge is -2.59. The lowest BCUT2D eigenvalue weighted by atomic mass is 9.45. The van der Waals surface area contributed by atoms with Crippen LogP contribution < -0.4 is 0 Å². The van der Waals surface area contributed by atoms with Crippen LogP contribution in [0.4, 0.5) is 0 Å². The summed E-state index contributed by atoms with van der Waals surface area (Å²) in [5, 5.41) is 20.6. The molecule has 4 heteroatoms. The third kappa shape index (κ3) is 1.98. The van der Waals surface area contributed by atoms with Gasteiger partial charge in [0, 0.05) is 30.6 Å². The van der Waals surface area contributed by atoms with Gasteiger partial charge >= 0.3 is 0 Å². The van der Waals surface area contributed by atoms with E-state index < -0.39 is 5.41 Å². The van der Waals surface area contributed by atoms with E-state index in [0.29, 0.717) is 35.8 Å². The van der Waals surface area contributed by atoms with Gasteiger partial charge in [-0.3, -0.25) is 4.79 Å². The van der Waals surface area contributed by atoms with Crippen molar-refractivity contribution >= 4 is 17.4 Å². The van der Waals surface area contributed by atoms with E-state index in [1.807, 2.05) is 0 Å². The van der Waals surface area contributed by atoms with E-state index in [-0.39, 0.29) is 22.9 Å². The molecule has 4 rings (SSSR count). The minimum atomic E-state index is -0.402. The van der Waals surface area contributed by atoms with Crippen LogP contribution in [0.25, 0.3) is 0 Å². The summed E-state index contributed by atoms with van der Waals surface area (Å²) in [5.74, 6) is 3.10. The van der Waals surface area contributed by atoms with Crippen LogP contribution in [-0.2, 0) is 4.79 Å². The highest BCUT2D eigenvalue weighted by Gasteiger charge is 2.61. The number of hydrogen-bond donors (Lipinski definition) is 2. The zero-order valence-electron chi connectivity index (χ0n) is 13.9. The minimum absolute atomic E-state index is 0.169. The summed E-state index contributed by atoms with van der Waals surface area (Å²) in [6.45, 7) is 2.40. The number of hydrogen-bond acceptors (Lipinski definition) is 3. The number of aliphatic hydroxyl groups is 2. The summed E-state index contributed by atoms with van der Waals surface area (Å²) < 4.78 is 0. The maximum absolute atomic E-state index is 11.9. The van der Waals surface area contributed by atoms with Crippen molar-refractivity contribution in [3.63, 3.8) is 0 Å². The molecule has 4 aliphatic rings. The number of rotatable bonds is 1. The van der Waals surface area contributed by atoms with Gasteiger partial charge < -0.3 is 10.2 Å². The van der Waals surface area contributed by atoms with Crippen molar-refractivity contribution in [2.24, 2.45) is 34.5 Å². The quantitative estimate of drug-likeness (QED) is 0.678. The van der Waals surface area contributed by atoms with Crippen LogP contribution in [0, 0.1) is 34.5 Å². The van der Waals surface area contributed by atoms with Crippen molar-refractivity contribution in [1.82, 2.24) is 0 Å². The number of aliphatic hydroxyl groups excluding tert-OH is 2. The Morgan fingerprint density at radius 1 is 1.13 bits per heavy atom. The first-order valence-electron chi connectivity index (χ1n) is 9.11. The highest BCUT2D eigenvalue weighted by molar-refractivity contribution is 6.18. The summed E-state index contributed by atoms with van der Waals surface area (Å²) in [7, 11) is 0. The SMILES string of the molecule is C[C@]12CCC(=O)C[C@@H]1CC[C@H]1[C@@H]3CC(O)=C(O)[C@@]3(CCl)CC[C@@H]12. The van der Waals surface area contributed by atoms with Gasteiger partial charge in [-0.25, -0.2) is 0 Å². The summed E-state index contributed by atoms with van der Waals surface area (Å²) in [4.78, 5) is 11.9. The van der Waals surface area contributed by atoms with Crippen molar-refractivity contribution in [3.05, 3.63) is 11.5 Å². The maximum Gasteiger partial charge on any atom is 0.137 e. The Labute approximate surface area is 143 Å². The van der Waals surface area contributed by atoms with E-state index in [2.05, 4.69) is 6.92 Å². The van der Waals surface area contributed by atoms with Gasteiger partial charge in [0.05, 0.1) is 0 Å². The Hall–Kier alpha value is -0.700. The minimum Gasteiger partial charge on any atom is -0.509 e. The van der Waals surface area contributed by atoms with E-state index >= 15 is 0 Å². The maximum atomic E-state index is 11.9. The molecule has 3 nitrogen and oxygen atoms in total. The predicted octanol–water partition coefficient (Wildman–Crippen LogP) is 4.75. The number of halogens is 1. The number of alkyl halides is 1. The Kier molecular flexibility index (Phi) is 3.54. The standard InChI is InChI=1S/C19H27ClO3/c1-18-6-4-12(21)8-11(18)2-3-13-14(18)5-7-19(10-20)15(13)9-16(22)17(19)23/h11,13-15,22-23H,2-10H2,1H3/t11-,13+,14-,15-,18-,19+/m0/s1.